The topological polar surface area (TPSA) is 78.0 Å². The Morgan fingerprint density at radius 1 is 1.69 bits per heavy atom. The molecule has 1 unspecified atom stereocenters. The summed E-state index contributed by atoms with van der Waals surface area (Å²) in [5.74, 6) is -0.874. The van der Waals surface area contributed by atoms with Crippen molar-refractivity contribution in [2.45, 2.75) is 12.5 Å². The highest BCUT2D eigenvalue weighted by atomic mass is 32.1. The first-order valence-electron chi connectivity index (χ1n) is 4.74. The van der Waals surface area contributed by atoms with Crippen LogP contribution in [0.3, 0.4) is 0 Å². The third-order valence-corrected chi connectivity index (χ3v) is 2.82. The third kappa shape index (κ3) is 2.60. The smallest absolute Gasteiger partial charge is 0.326 e. The molecule has 1 atom stereocenters. The van der Waals surface area contributed by atoms with Gasteiger partial charge in [0.15, 0.2) is 0 Å². The molecule has 16 heavy (non-hydrogen) atoms. The van der Waals surface area contributed by atoms with Crippen LogP contribution in [0.4, 0.5) is 5.69 Å². The van der Waals surface area contributed by atoms with Gasteiger partial charge in [0.05, 0.1) is 6.33 Å². The van der Waals surface area contributed by atoms with Gasteiger partial charge < -0.3 is 15.4 Å². The van der Waals surface area contributed by atoms with Crippen molar-refractivity contribution in [1.82, 2.24) is 9.97 Å². The number of hydrogen-bond donors (Lipinski definition) is 3. The van der Waals surface area contributed by atoms with Crippen molar-refractivity contribution in [3.63, 3.8) is 0 Å². The summed E-state index contributed by atoms with van der Waals surface area (Å²) in [6.07, 6.45) is 3.55. The minimum atomic E-state index is -0.874. The van der Waals surface area contributed by atoms with Crippen LogP contribution in [0.2, 0.25) is 0 Å². The number of carboxylic acid groups (broad SMARTS) is 1. The van der Waals surface area contributed by atoms with Crippen LogP contribution >= 0.6 is 11.3 Å². The number of carbonyl (C=O) groups is 1. The second kappa shape index (κ2) is 4.80. The minimum Gasteiger partial charge on any atom is -0.480 e. The summed E-state index contributed by atoms with van der Waals surface area (Å²) in [4.78, 5) is 17.8. The van der Waals surface area contributed by atoms with Crippen LogP contribution in [-0.4, -0.2) is 27.1 Å². The molecule has 2 aromatic rings. The minimum absolute atomic E-state index is 0.380. The number of anilines is 1. The van der Waals surface area contributed by atoms with Gasteiger partial charge in [-0.2, -0.15) is 11.3 Å². The number of H-pyrrole nitrogens is 1. The second-order valence-electron chi connectivity index (χ2n) is 3.33. The number of aliphatic carboxylic acids is 1. The maximum absolute atomic E-state index is 11.1. The van der Waals surface area contributed by atoms with E-state index in [2.05, 4.69) is 15.3 Å². The van der Waals surface area contributed by atoms with Crippen molar-refractivity contribution < 1.29 is 9.90 Å². The lowest BCUT2D eigenvalue weighted by Crippen LogP contribution is -2.31. The molecule has 0 aliphatic carbocycles. The maximum atomic E-state index is 11.1. The summed E-state index contributed by atoms with van der Waals surface area (Å²) < 4.78 is 0. The van der Waals surface area contributed by atoms with Crippen LogP contribution in [0, 0.1) is 0 Å². The monoisotopic (exact) mass is 237 g/mol. The SMILES string of the molecule is O=C(O)C(Cc1cnc[nH]1)Nc1ccsc1. The van der Waals surface area contributed by atoms with Gasteiger partial charge in [-0.05, 0) is 11.4 Å². The van der Waals surface area contributed by atoms with E-state index in [1.165, 1.54) is 11.3 Å². The summed E-state index contributed by atoms with van der Waals surface area (Å²) in [5.41, 5.74) is 1.63. The molecule has 0 saturated heterocycles. The van der Waals surface area contributed by atoms with Crippen molar-refractivity contribution in [1.29, 1.82) is 0 Å². The fourth-order valence-electron chi connectivity index (χ4n) is 1.36. The lowest BCUT2D eigenvalue weighted by molar-refractivity contribution is -0.137. The van der Waals surface area contributed by atoms with Crippen LogP contribution in [0.1, 0.15) is 5.69 Å². The fourth-order valence-corrected chi connectivity index (χ4v) is 1.96. The first kappa shape index (κ1) is 10.7. The first-order valence-corrected chi connectivity index (χ1v) is 5.69. The average molecular weight is 237 g/mol. The maximum Gasteiger partial charge on any atom is 0.326 e. The molecule has 0 fully saturated rings. The van der Waals surface area contributed by atoms with Crippen molar-refractivity contribution >= 4 is 23.0 Å². The van der Waals surface area contributed by atoms with E-state index in [1.807, 2.05) is 16.8 Å². The molecule has 0 radical (unpaired) electrons. The van der Waals surface area contributed by atoms with Crippen molar-refractivity contribution in [3.8, 4) is 0 Å². The summed E-state index contributed by atoms with van der Waals surface area (Å²) in [5, 5.41) is 15.8. The quantitative estimate of drug-likeness (QED) is 0.737. The molecule has 3 N–H and O–H groups in total. The van der Waals surface area contributed by atoms with Gasteiger partial charge in [-0.1, -0.05) is 0 Å². The van der Waals surface area contributed by atoms with E-state index in [0.29, 0.717) is 6.42 Å². The number of aromatic amines is 1. The molecule has 2 aromatic heterocycles. The van der Waals surface area contributed by atoms with Gasteiger partial charge in [-0.25, -0.2) is 9.78 Å². The Morgan fingerprint density at radius 2 is 2.56 bits per heavy atom. The molecule has 0 bridgehead atoms. The molecule has 0 spiro atoms. The fraction of sp³-hybridized carbons (Fsp3) is 0.200. The number of aromatic nitrogens is 2. The number of thiophene rings is 1. The number of nitrogens with one attached hydrogen (secondary N) is 2. The number of hydrogen-bond acceptors (Lipinski definition) is 4. The summed E-state index contributed by atoms with van der Waals surface area (Å²) in [7, 11) is 0. The van der Waals surface area contributed by atoms with E-state index >= 15 is 0 Å². The molecule has 0 saturated carbocycles. The predicted molar refractivity (Wildman–Crippen MR) is 61.7 cm³/mol. The number of carboxylic acids is 1. The number of imidazole rings is 1. The number of nitrogens with zero attached hydrogens (tertiary/aromatic N) is 1. The van der Waals surface area contributed by atoms with Crippen LogP contribution in [-0.2, 0) is 11.2 Å². The van der Waals surface area contributed by atoms with E-state index in [9.17, 15) is 4.79 Å². The molecular formula is C10H11N3O2S. The van der Waals surface area contributed by atoms with E-state index in [-0.39, 0.29) is 0 Å². The van der Waals surface area contributed by atoms with Crippen molar-refractivity contribution in [3.05, 3.63) is 35.0 Å². The molecule has 0 amide bonds. The Labute approximate surface area is 96.2 Å². The molecule has 2 rings (SSSR count). The van der Waals surface area contributed by atoms with Gasteiger partial charge in [0.25, 0.3) is 0 Å². The molecule has 5 nitrogen and oxygen atoms in total. The van der Waals surface area contributed by atoms with Crippen molar-refractivity contribution in [2.24, 2.45) is 0 Å². The summed E-state index contributed by atoms with van der Waals surface area (Å²) >= 11 is 1.53. The Kier molecular flexibility index (Phi) is 3.21. The largest absolute Gasteiger partial charge is 0.480 e. The molecular weight excluding hydrogens is 226 g/mol. The van der Waals surface area contributed by atoms with E-state index in [4.69, 9.17) is 5.11 Å². The third-order valence-electron chi connectivity index (χ3n) is 2.14. The normalized spacial score (nSPS) is 12.2. The van der Waals surface area contributed by atoms with Gasteiger partial charge in [0, 0.05) is 29.4 Å². The standard InChI is InChI=1S/C10H11N3O2S/c14-10(15)9(3-8-4-11-6-12-8)13-7-1-2-16-5-7/h1-2,4-6,9,13H,3H2,(H,11,12)(H,14,15). The van der Waals surface area contributed by atoms with Gasteiger partial charge in [0.1, 0.15) is 6.04 Å². The molecule has 0 aliphatic heterocycles. The Bertz CT molecular complexity index is 402. The van der Waals surface area contributed by atoms with E-state index in [1.54, 1.807) is 12.5 Å². The van der Waals surface area contributed by atoms with Gasteiger partial charge in [0.2, 0.25) is 0 Å². The zero-order chi connectivity index (χ0) is 11.4. The zero-order valence-corrected chi connectivity index (χ0v) is 9.20. The Hall–Kier alpha value is -1.82. The van der Waals surface area contributed by atoms with Gasteiger partial charge in [-0.3, -0.25) is 0 Å². The van der Waals surface area contributed by atoms with Crippen LogP contribution in [0.5, 0.6) is 0 Å². The Balaban J connectivity index is 2.03. The number of rotatable bonds is 5. The highest BCUT2D eigenvalue weighted by Gasteiger charge is 2.18. The summed E-state index contributed by atoms with van der Waals surface area (Å²) in [6.45, 7) is 0. The Morgan fingerprint density at radius 3 is 3.12 bits per heavy atom. The molecule has 0 aromatic carbocycles. The van der Waals surface area contributed by atoms with Crippen molar-refractivity contribution in [2.75, 3.05) is 5.32 Å². The first-order chi connectivity index (χ1) is 7.75. The second-order valence-corrected chi connectivity index (χ2v) is 4.11. The highest BCUT2D eigenvalue weighted by molar-refractivity contribution is 7.08. The van der Waals surface area contributed by atoms with Gasteiger partial charge in [-0.15, -0.1) is 0 Å². The van der Waals surface area contributed by atoms with Crippen LogP contribution in [0.15, 0.2) is 29.4 Å². The lowest BCUT2D eigenvalue weighted by atomic mass is 10.1. The van der Waals surface area contributed by atoms with Gasteiger partial charge >= 0.3 is 5.97 Å². The lowest BCUT2D eigenvalue weighted by Gasteiger charge is -2.13. The summed E-state index contributed by atoms with van der Waals surface area (Å²) in [6, 6.07) is 1.21. The molecule has 6 heteroatoms. The molecule has 0 aliphatic rings. The predicted octanol–water partition coefficient (Wildman–Crippen LogP) is 1.58. The van der Waals surface area contributed by atoms with Crippen LogP contribution < -0.4 is 5.32 Å². The highest BCUT2D eigenvalue weighted by Crippen LogP contribution is 2.14. The van der Waals surface area contributed by atoms with E-state index < -0.39 is 12.0 Å². The zero-order valence-electron chi connectivity index (χ0n) is 8.38. The average Bonchev–Trinajstić information content (AvgIpc) is 2.88. The molecule has 2 heterocycles. The van der Waals surface area contributed by atoms with E-state index in [0.717, 1.165) is 11.4 Å². The van der Waals surface area contributed by atoms with Crippen LogP contribution in [0.25, 0.3) is 0 Å². The molecule has 84 valence electrons.